The second-order valence-corrected chi connectivity index (χ2v) is 8.26. The zero-order chi connectivity index (χ0) is 17.0. The van der Waals surface area contributed by atoms with E-state index in [1.807, 2.05) is 29.2 Å². The van der Waals surface area contributed by atoms with Crippen LogP contribution >= 0.6 is 0 Å². The molecule has 0 radical (unpaired) electrons. The van der Waals surface area contributed by atoms with Crippen LogP contribution in [-0.4, -0.2) is 69.4 Å². The number of hydrogen-bond acceptors (Lipinski definition) is 5. The van der Waals surface area contributed by atoms with E-state index in [2.05, 4.69) is 0 Å². The van der Waals surface area contributed by atoms with Crippen LogP contribution in [0.4, 0.5) is 0 Å². The molecule has 0 aliphatic carbocycles. The Kier molecular flexibility index (Phi) is 5.64. The summed E-state index contributed by atoms with van der Waals surface area (Å²) in [7, 11) is 2.22. The number of amides is 1. The molecular weight excluding hydrogens is 316 g/mol. The molecule has 1 aliphatic heterocycles. The molecule has 0 spiro atoms. The third kappa shape index (κ3) is 4.68. The van der Waals surface area contributed by atoms with Crippen LogP contribution in [0.3, 0.4) is 0 Å². The summed E-state index contributed by atoms with van der Waals surface area (Å²) in [6.07, 6.45) is 0.600. The van der Waals surface area contributed by atoms with Crippen molar-refractivity contribution in [2.24, 2.45) is 0 Å². The first-order valence-electron chi connectivity index (χ1n) is 7.59. The maximum atomic E-state index is 12.4. The second-order valence-electron chi connectivity index (χ2n) is 6.03. The number of methoxy groups -OCH3 is 1. The van der Waals surface area contributed by atoms with E-state index in [-0.39, 0.29) is 30.0 Å². The molecule has 23 heavy (non-hydrogen) atoms. The number of sulfone groups is 1. The Morgan fingerprint density at radius 3 is 2.61 bits per heavy atom. The molecule has 1 amide bonds. The van der Waals surface area contributed by atoms with Crippen molar-refractivity contribution in [3.05, 3.63) is 29.8 Å². The van der Waals surface area contributed by atoms with Gasteiger partial charge in [0.05, 0.1) is 25.2 Å². The van der Waals surface area contributed by atoms with Gasteiger partial charge in [-0.15, -0.1) is 0 Å². The maximum Gasteiger partial charge on any atom is 0.236 e. The summed E-state index contributed by atoms with van der Waals surface area (Å²) in [5.41, 5.74) is 0.942. The number of benzene rings is 1. The van der Waals surface area contributed by atoms with Crippen molar-refractivity contribution in [1.29, 1.82) is 0 Å². The van der Waals surface area contributed by atoms with Crippen molar-refractivity contribution >= 4 is 15.7 Å². The van der Waals surface area contributed by atoms with Crippen molar-refractivity contribution in [1.82, 2.24) is 9.80 Å². The highest BCUT2D eigenvalue weighted by molar-refractivity contribution is 7.91. The summed E-state index contributed by atoms with van der Waals surface area (Å²) in [5, 5.41) is 0. The average molecular weight is 340 g/mol. The quantitative estimate of drug-likeness (QED) is 0.765. The minimum absolute atomic E-state index is 0.0392. The minimum atomic E-state index is -2.94. The van der Waals surface area contributed by atoms with Crippen LogP contribution in [0, 0.1) is 0 Å². The van der Waals surface area contributed by atoms with E-state index < -0.39 is 9.84 Å². The van der Waals surface area contributed by atoms with Gasteiger partial charge in [-0.2, -0.15) is 0 Å². The molecule has 1 atom stereocenters. The van der Waals surface area contributed by atoms with E-state index in [0.29, 0.717) is 13.0 Å². The molecule has 1 aliphatic rings. The molecule has 1 aromatic rings. The molecule has 1 fully saturated rings. The monoisotopic (exact) mass is 340 g/mol. The standard InChI is InChI=1S/C16H24N2O4S/c1-17(14-8-9-23(20,21)12-14)11-16(19)18(2)10-13-6-4-5-7-15(13)22-3/h4-7,14H,8-12H2,1-3H3. The fourth-order valence-corrected chi connectivity index (χ4v) is 4.57. The van der Waals surface area contributed by atoms with Gasteiger partial charge in [0.2, 0.25) is 5.91 Å². The lowest BCUT2D eigenvalue weighted by molar-refractivity contribution is -0.131. The molecule has 6 nitrogen and oxygen atoms in total. The first kappa shape index (κ1) is 17.7. The van der Waals surface area contributed by atoms with Gasteiger partial charge in [0, 0.05) is 25.2 Å². The van der Waals surface area contributed by atoms with Gasteiger partial charge < -0.3 is 9.64 Å². The van der Waals surface area contributed by atoms with Crippen LogP contribution in [-0.2, 0) is 21.2 Å². The molecule has 0 bridgehead atoms. The molecule has 1 heterocycles. The Morgan fingerprint density at radius 2 is 2.00 bits per heavy atom. The minimum Gasteiger partial charge on any atom is -0.496 e. The number of ether oxygens (including phenoxy) is 1. The van der Waals surface area contributed by atoms with Crippen LogP contribution in [0.5, 0.6) is 5.75 Å². The summed E-state index contributed by atoms with van der Waals surface area (Å²) in [6, 6.07) is 7.52. The fourth-order valence-electron chi connectivity index (χ4n) is 2.76. The van der Waals surface area contributed by atoms with E-state index in [4.69, 9.17) is 4.74 Å². The first-order valence-corrected chi connectivity index (χ1v) is 9.41. The van der Waals surface area contributed by atoms with E-state index in [1.165, 1.54) is 0 Å². The van der Waals surface area contributed by atoms with E-state index in [9.17, 15) is 13.2 Å². The lowest BCUT2D eigenvalue weighted by Crippen LogP contribution is -2.41. The number of carbonyl (C=O) groups is 1. The van der Waals surface area contributed by atoms with Crippen LogP contribution < -0.4 is 4.74 Å². The number of para-hydroxylation sites is 1. The van der Waals surface area contributed by atoms with Gasteiger partial charge in [0.25, 0.3) is 0 Å². The van der Waals surface area contributed by atoms with Crippen molar-refractivity contribution in [2.75, 3.05) is 39.3 Å². The lowest BCUT2D eigenvalue weighted by atomic mass is 10.2. The van der Waals surface area contributed by atoms with Crippen LogP contribution in [0.25, 0.3) is 0 Å². The molecule has 0 N–H and O–H groups in total. The highest BCUT2D eigenvalue weighted by Crippen LogP contribution is 2.19. The lowest BCUT2D eigenvalue weighted by Gasteiger charge is -2.26. The van der Waals surface area contributed by atoms with Crippen LogP contribution in [0.15, 0.2) is 24.3 Å². The summed E-state index contributed by atoms with van der Waals surface area (Å²) in [5.74, 6) is 1.07. The predicted molar refractivity (Wildman–Crippen MR) is 89.2 cm³/mol. The van der Waals surface area contributed by atoms with Gasteiger partial charge in [-0.1, -0.05) is 18.2 Å². The van der Waals surface area contributed by atoms with Crippen molar-refractivity contribution in [2.45, 2.75) is 19.0 Å². The van der Waals surface area contributed by atoms with Gasteiger partial charge in [0.1, 0.15) is 5.75 Å². The van der Waals surface area contributed by atoms with Crippen molar-refractivity contribution in [3.63, 3.8) is 0 Å². The third-order valence-corrected chi connectivity index (χ3v) is 5.99. The Balaban J connectivity index is 1.92. The maximum absolute atomic E-state index is 12.4. The Hall–Kier alpha value is -1.60. The highest BCUT2D eigenvalue weighted by atomic mass is 32.2. The first-order chi connectivity index (χ1) is 10.8. The molecule has 0 aromatic heterocycles. The average Bonchev–Trinajstić information content (AvgIpc) is 2.88. The van der Waals surface area contributed by atoms with E-state index in [0.717, 1.165) is 11.3 Å². The Bertz CT molecular complexity index is 660. The van der Waals surface area contributed by atoms with E-state index in [1.54, 1.807) is 26.1 Å². The largest absolute Gasteiger partial charge is 0.496 e. The Morgan fingerprint density at radius 1 is 1.30 bits per heavy atom. The van der Waals surface area contributed by atoms with Crippen molar-refractivity contribution in [3.8, 4) is 5.75 Å². The number of carbonyl (C=O) groups excluding carboxylic acids is 1. The summed E-state index contributed by atoms with van der Waals surface area (Å²) in [4.78, 5) is 15.8. The zero-order valence-corrected chi connectivity index (χ0v) is 14.7. The summed E-state index contributed by atoms with van der Waals surface area (Å²) >= 11 is 0. The molecule has 7 heteroatoms. The molecule has 2 rings (SSSR count). The second kappa shape index (κ2) is 7.31. The Labute approximate surface area is 137 Å². The fraction of sp³-hybridized carbons (Fsp3) is 0.562. The van der Waals surface area contributed by atoms with Crippen LogP contribution in [0.2, 0.25) is 0 Å². The van der Waals surface area contributed by atoms with Gasteiger partial charge in [-0.3, -0.25) is 9.69 Å². The number of hydrogen-bond donors (Lipinski definition) is 0. The normalized spacial score (nSPS) is 19.7. The zero-order valence-electron chi connectivity index (χ0n) is 13.9. The SMILES string of the molecule is COc1ccccc1CN(C)C(=O)CN(C)C1CCS(=O)(=O)C1. The van der Waals surface area contributed by atoms with Gasteiger partial charge >= 0.3 is 0 Å². The molecule has 1 aromatic carbocycles. The predicted octanol–water partition coefficient (Wildman–Crippen LogP) is 0.773. The smallest absolute Gasteiger partial charge is 0.236 e. The summed E-state index contributed by atoms with van der Waals surface area (Å²) < 4.78 is 28.4. The number of rotatable bonds is 6. The molecule has 1 unspecified atom stereocenters. The third-order valence-electron chi connectivity index (χ3n) is 4.24. The summed E-state index contributed by atoms with van der Waals surface area (Å²) in [6.45, 7) is 0.672. The van der Waals surface area contributed by atoms with Crippen molar-refractivity contribution < 1.29 is 17.9 Å². The number of nitrogens with zero attached hydrogens (tertiary/aromatic N) is 2. The highest BCUT2D eigenvalue weighted by Gasteiger charge is 2.31. The van der Waals surface area contributed by atoms with Gasteiger partial charge in [-0.25, -0.2) is 8.42 Å². The molecular formula is C16H24N2O4S. The molecule has 0 saturated carbocycles. The molecule has 1 saturated heterocycles. The topological polar surface area (TPSA) is 66.9 Å². The van der Waals surface area contributed by atoms with Gasteiger partial charge in [0.15, 0.2) is 9.84 Å². The van der Waals surface area contributed by atoms with Crippen LogP contribution in [0.1, 0.15) is 12.0 Å². The number of likely N-dealkylation sites (N-methyl/N-ethyl adjacent to an activating group) is 2. The molecule has 128 valence electrons. The van der Waals surface area contributed by atoms with E-state index >= 15 is 0 Å². The van der Waals surface area contributed by atoms with Gasteiger partial charge in [-0.05, 0) is 19.5 Å².